The van der Waals surface area contributed by atoms with E-state index in [1.807, 2.05) is 32.6 Å². The summed E-state index contributed by atoms with van der Waals surface area (Å²) in [6.07, 6.45) is 2.17. The van der Waals surface area contributed by atoms with Crippen molar-refractivity contribution in [2.45, 2.75) is 61.3 Å². The van der Waals surface area contributed by atoms with Gasteiger partial charge in [-0.2, -0.15) is 0 Å². The van der Waals surface area contributed by atoms with Crippen LogP contribution < -0.4 is 0 Å². The van der Waals surface area contributed by atoms with Crippen LogP contribution in [0.25, 0.3) is 0 Å². The van der Waals surface area contributed by atoms with Crippen molar-refractivity contribution in [2.24, 2.45) is 22.7 Å². The summed E-state index contributed by atoms with van der Waals surface area (Å²) in [4.78, 5) is 26.7. The molecule has 0 unspecified atom stereocenters. The fraction of sp³-hybridized carbons (Fsp3) is 0.882. The van der Waals surface area contributed by atoms with E-state index in [4.69, 9.17) is 0 Å². The molecule has 0 saturated carbocycles. The number of amides is 1. The third kappa shape index (κ3) is 3.07. The summed E-state index contributed by atoms with van der Waals surface area (Å²) >= 11 is 0. The molecule has 0 aromatic rings. The topological polar surface area (TPSA) is 37.4 Å². The molecule has 116 valence electrons. The Kier molecular flexibility index (Phi) is 5.04. The molecule has 20 heavy (non-hydrogen) atoms. The Hall–Kier alpha value is -0.860. The fourth-order valence-corrected chi connectivity index (χ4v) is 2.87. The van der Waals surface area contributed by atoms with Crippen molar-refractivity contribution >= 4 is 11.7 Å². The van der Waals surface area contributed by atoms with Crippen molar-refractivity contribution in [1.29, 1.82) is 0 Å². The van der Waals surface area contributed by atoms with E-state index in [0.29, 0.717) is 5.92 Å². The quantitative estimate of drug-likeness (QED) is 0.790. The molecule has 3 heteroatoms. The van der Waals surface area contributed by atoms with E-state index < -0.39 is 10.8 Å². The number of Topliss-reactive ketones (excluding diaryl/α,β-unsaturated/α-hetero) is 1. The Morgan fingerprint density at radius 2 is 1.45 bits per heavy atom. The van der Waals surface area contributed by atoms with Crippen molar-refractivity contribution in [3.8, 4) is 0 Å². The van der Waals surface area contributed by atoms with Crippen LogP contribution in [0.3, 0.4) is 0 Å². The number of ketones is 1. The highest BCUT2D eigenvalue weighted by atomic mass is 16.2. The lowest BCUT2D eigenvalue weighted by atomic mass is 9.64. The molecular formula is C17H31NO2. The zero-order valence-electron chi connectivity index (χ0n) is 14.2. The first kappa shape index (κ1) is 17.2. The van der Waals surface area contributed by atoms with Gasteiger partial charge >= 0.3 is 0 Å². The van der Waals surface area contributed by atoms with E-state index in [2.05, 4.69) is 13.8 Å². The molecule has 0 N–H and O–H groups in total. The van der Waals surface area contributed by atoms with Crippen molar-refractivity contribution < 1.29 is 9.59 Å². The van der Waals surface area contributed by atoms with E-state index in [1.54, 1.807) is 6.92 Å². The van der Waals surface area contributed by atoms with E-state index in [9.17, 15) is 9.59 Å². The average molecular weight is 281 g/mol. The van der Waals surface area contributed by atoms with Gasteiger partial charge in [0.05, 0.1) is 5.41 Å². The Bertz CT molecular complexity index is 374. The fourth-order valence-electron chi connectivity index (χ4n) is 2.87. The summed E-state index contributed by atoms with van der Waals surface area (Å²) < 4.78 is 0. The maximum atomic E-state index is 12.8. The Balaban J connectivity index is 2.79. The third-order valence-corrected chi connectivity index (χ3v) is 5.75. The molecule has 3 nitrogen and oxygen atoms in total. The number of carbonyl (C=O) groups excluding carboxylic acids is 2. The van der Waals surface area contributed by atoms with Crippen molar-refractivity contribution in [3.63, 3.8) is 0 Å². The Labute approximate surface area is 124 Å². The van der Waals surface area contributed by atoms with Gasteiger partial charge in [-0.05, 0) is 31.6 Å². The highest BCUT2D eigenvalue weighted by Crippen LogP contribution is 2.41. The van der Waals surface area contributed by atoms with Crippen LogP contribution in [-0.2, 0) is 9.59 Å². The highest BCUT2D eigenvalue weighted by molar-refractivity contribution is 5.92. The zero-order chi connectivity index (χ0) is 15.7. The number of hydrogen-bond acceptors (Lipinski definition) is 2. The normalized spacial score (nSPS) is 18.5. The molecule has 0 aromatic carbocycles. The minimum Gasteiger partial charge on any atom is -0.342 e. The van der Waals surface area contributed by atoms with Gasteiger partial charge in [-0.25, -0.2) is 0 Å². The molecule has 0 radical (unpaired) electrons. The lowest BCUT2D eigenvalue weighted by Crippen LogP contribution is -2.52. The maximum absolute atomic E-state index is 12.8. The van der Waals surface area contributed by atoms with Crippen LogP contribution >= 0.6 is 0 Å². The molecule has 1 aliphatic heterocycles. The Morgan fingerprint density at radius 1 is 1.00 bits per heavy atom. The minimum absolute atomic E-state index is 0.0768. The molecule has 1 fully saturated rings. The smallest absolute Gasteiger partial charge is 0.229 e. The zero-order valence-corrected chi connectivity index (χ0v) is 14.2. The highest BCUT2D eigenvalue weighted by Gasteiger charge is 2.48. The van der Waals surface area contributed by atoms with E-state index in [0.717, 1.165) is 31.8 Å². The summed E-state index contributed by atoms with van der Waals surface area (Å²) in [6.45, 7) is 15.3. The number of nitrogens with zero attached hydrogens (tertiary/aromatic N) is 1. The van der Waals surface area contributed by atoms with Crippen molar-refractivity contribution in [3.05, 3.63) is 0 Å². The largest absolute Gasteiger partial charge is 0.342 e. The summed E-state index contributed by atoms with van der Waals surface area (Å²) in [7, 11) is 0. The summed E-state index contributed by atoms with van der Waals surface area (Å²) in [5.74, 6) is 1.62. The summed E-state index contributed by atoms with van der Waals surface area (Å²) in [6, 6.07) is 0. The second-order valence-corrected chi connectivity index (χ2v) is 7.68. The first-order chi connectivity index (χ1) is 9.01. The number of rotatable bonds is 4. The van der Waals surface area contributed by atoms with Gasteiger partial charge < -0.3 is 4.90 Å². The monoisotopic (exact) mass is 281 g/mol. The summed E-state index contributed by atoms with van der Waals surface area (Å²) in [5.41, 5.74) is -1.28. The lowest BCUT2D eigenvalue weighted by molar-refractivity contribution is -0.154. The SMILES string of the molecule is CC(=O)C(C)(C)C(C)(C)C(=O)N1CCC(C(C)C)CC1. The predicted molar refractivity (Wildman–Crippen MR) is 82.4 cm³/mol. The van der Waals surface area contributed by atoms with Crippen LogP contribution in [0.15, 0.2) is 0 Å². The van der Waals surface area contributed by atoms with E-state index in [-0.39, 0.29) is 11.7 Å². The summed E-state index contributed by atoms with van der Waals surface area (Å²) in [5, 5.41) is 0. The van der Waals surface area contributed by atoms with Crippen molar-refractivity contribution in [2.75, 3.05) is 13.1 Å². The first-order valence-electron chi connectivity index (χ1n) is 7.82. The van der Waals surface area contributed by atoms with Crippen LogP contribution in [0.2, 0.25) is 0 Å². The third-order valence-electron chi connectivity index (χ3n) is 5.75. The maximum Gasteiger partial charge on any atom is 0.229 e. The van der Waals surface area contributed by atoms with E-state index in [1.165, 1.54) is 0 Å². The van der Waals surface area contributed by atoms with Crippen molar-refractivity contribution in [1.82, 2.24) is 4.90 Å². The van der Waals surface area contributed by atoms with Crippen LogP contribution in [0.5, 0.6) is 0 Å². The number of likely N-dealkylation sites (tertiary alicyclic amines) is 1. The molecule has 0 aromatic heterocycles. The minimum atomic E-state index is -0.649. The standard InChI is InChI=1S/C17H31NO2/c1-12(2)14-8-10-18(11-9-14)15(20)17(6,7)16(4,5)13(3)19/h12,14H,8-11H2,1-7H3. The number of piperidine rings is 1. The van der Waals surface area contributed by atoms with Crippen LogP contribution in [0.4, 0.5) is 0 Å². The second-order valence-electron chi connectivity index (χ2n) is 7.68. The van der Waals surface area contributed by atoms with Crippen LogP contribution in [0.1, 0.15) is 61.3 Å². The molecule has 0 aliphatic carbocycles. The molecule has 0 bridgehead atoms. The molecular weight excluding hydrogens is 250 g/mol. The molecule has 1 saturated heterocycles. The average Bonchev–Trinajstić information content (AvgIpc) is 2.37. The second kappa shape index (κ2) is 5.87. The van der Waals surface area contributed by atoms with Gasteiger partial charge in [0, 0.05) is 18.5 Å². The lowest BCUT2D eigenvalue weighted by Gasteiger charge is -2.44. The van der Waals surface area contributed by atoms with Gasteiger partial charge in [0.1, 0.15) is 5.78 Å². The van der Waals surface area contributed by atoms with E-state index >= 15 is 0 Å². The van der Waals surface area contributed by atoms with Gasteiger partial charge in [-0.1, -0.05) is 41.5 Å². The van der Waals surface area contributed by atoms with Gasteiger partial charge in [0.2, 0.25) is 5.91 Å². The molecule has 1 aliphatic rings. The molecule has 1 heterocycles. The number of carbonyl (C=O) groups is 2. The van der Waals surface area contributed by atoms with Crippen LogP contribution in [0, 0.1) is 22.7 Å². The molecule has 1 rings (SSSR count). The van der Waals surface area contributed by atoms with Gasteiger partial charge in [-0.3, -0.25) is 9.59 Å². The van der Waals surface area contributed by atoms with Gasteiger partial charge in [0.15, 0.2) is 0 Å². The predicted octanol–water partition coefficient (Wildman–Crippen LogP) is 3.52. The Morgan fingerprint density at radius 3 is 1.80 bits per heavy atom. The van der Waals surface area contributed by atoms with Gasteiger partial charge in [-0.15, -0.1) is 0 Å². The molecule has 0 spiro atoms. The number of hydrogen-bond donors (Lipinski definition) is 0. The molecule has 1 amide bonds. The van der Waals surface area contributed by atoms with Gasteiger partial charge in [0.25, 0.3) is 0 Å². The first-order valence-corrected chi connectivity index (χ1v) is 7.82. The van der Waals surface area contributed by atoms with Crippen LogP contribution in [-0.4, -0.2) is 29.7 Å². The molecule has 0 atom stereocenters.